The van der Waals surface area contributed by atoms with E-state index in [0.717, 1.165) is 82.3 Å². The number of carbonyl (C=O) groups is 4. The maximum Gasteiger partial charge on any atom is 0.306 e. The summed E-state index contributed by atoms with van der Waals surface area (Å²) in [4.78, 5) is 53.5. The predicted octanol–water partition coefficient (Wildman–Crippen LogP) is 8.23. The van der Waals surface area contributed by atoms with Crippen LogP contribution in [0.15, 0.2) is 48.1 Å². The molecular formula is C41H58O7. The Morgan fingerprint density at radius 1 is 1.00 bits per heavy atom. The van der Waals surface area contributed by atoms with E-state index in [0.29, 0.717) is 31.6 Å². The zero-order valence-corrected chi connectivity index (χ0v) is 29.6. The highest BCUT2D eigenvalue weighted by Crippen LogP contribution is 2.50. The number of esters is 1. The SMILES string of the molecule is C=CCC(CCC1CC(=O)C(CCCC2CCOCC2)C(CC(=O)C(CCc2ccc(OC)cc2)CC(=O)OCC)C1=C1CC1)C(C)=O. The van der Waals surface area contributed by atoms with Crippen molar-refractivity contribution in [2.24, 2.45) is 35.5 Å². The average molecular weight is 663 g/mol. The third-order valence-electron chi connectivity index (χ3n) is 11.0. The first-order chi connectivity index (χ1) is 23.2. The zero-order valence-electron chi connectivity index (χ0n) is 29.6. The second-order valence-electron chi connectivity index (χ2n) is 14.3. The van der Waals surface area contributed by atoms with E-state index in [2.05, 4.69) is 6.58 Å². The molecule has 0 aromatic heterocycles. The Morgan fingerprint density at radius 3 is 2.35 bits per heavy atom. The van der Waals surface area contributed by atoms with Gasteiger partial charge in [0.15, 0.2) is 0 Å². The van der Waals surface area contributed by atoms with Crippen molar-refractivity contribution in [3.05, 3.63) is 53.6 Å². The number of rotatable bonds is 20. The molecule has 1 aliphatic heterocycles. The fourth-order valence-corrected chi connectivity index (χ4v) is 8.09. The summed E-state index contributed by atoms with van der Waals surface area (Å²) in [6.07, 6.45) is 13.0. The molecule has 7 heteroatoms. The summed E-state index contributed by atoms with van der Waals surface area (Å²) < 4.78 is 16.2. The van der Waals surface area contributed by atoms with Gasteiger partial charge in [0.2, 0.25) is 0 Å². The van der Waals surface area contributed by atoms with Gasteiger partial charge in [-0.3, -0.25) is 19.2 Å². The minimum absolute atomic E-state index is 0.0507. The number of benzene rings is 1. The van der Waals surface area contributed by atoms with Gasteiger partial charge < -0.3 is 14.2 Å². The van der Waals surface area contributed by atoms with Crippen LogP contribution in [0.3, 0.4) is 0 Å². The Hall–Kier alpha value is -3.06. The lowest BCUT2D eigenvalue weighted by Gasteiger charge is -2.39. The van der Waals surface area contributed by atoms with Crippen LogP contribution < -0.4 is 4.74 Å². The molecule has 264 valence electrons. The van der Waals surface area contributed by atoms with Crippen molar-refractivity contribution >= 4 is 23.3 Å². The first kappa shape index (κ1) is 37.8. The van der Waals surface area contributed by atoms with E-state index in [1.165, 1.54) is 11.1 Å². The van der Waals surface area contributed by atoms with Crippen molar-refractivity contribution in [1.82, 2.24) is 0 Å². The number of allylic oxidation sites excluding steroid dienone is 3. The number of ether oxygens (including phenoxy) is 3. The molecule has 7 nitrogen and oxygen atoms in total. The Bertz CT molecular complexity index is 1270. The standard InChI is InChI=1S/C41H58O7/c1-5-8-31(28(3)42)15-18-34-25-39(44)36(10-7-9-29-21-23-47-24-22-29)37(41(34)32-16-17-32)27-38(43)33(26-40(45)48-6-2)14-11-30-12-19-35(46-4)20-13-30/h5,12-13,19-20,29,31,33-34,36-37H,1,6-11,14-18,21-27H2,2-4H3. The fourth-order valence-electron chi connectivity index (χ4n) is 8.09. The molecule has 0 radical (unpaired) electrons. The van der Waals surface area contributed by atoms with Crippen LogP contribution in [0.25, 0.3) is 0 Å². The Morgan fingerprint density at radius 2 is 1.73 bits per heavy atom. The molecule has 0 bridgehead atoms. The van der Waals surface area contributed by atoms with Gasteiger partial charge in [-0.15, -0.1) is 6.58 Å². The molecule has 0 N–H and O–H groups in total. The van der Waals surface area contributed by atoms with E-state index in [1.807, 2.05) is 30.3 Å². The maximum atomic E-state index is 14.4. The molecule has 0 spiro atoms. The van der Waals surface area contributed by atoms with Crippen LogP contribution in [0.4, 0.5) is 0 Å². The van der Waals surface area contributed by atoms with Crippen LogP contribution in [-0.4, -0.2) is 50.2 Å². The number of ketones is 3. The van der Waals surface area contributed by atoms with Gasteiger partial charge in [0, 0.05) is 43.8 Å². The molecule has 5 unspecified atom stereocenters. The van der Waals surface area contributed by atoms with Crippen molar-refractivity contribution in [3.8, 4) is 5.75 Å². The highest BCUT2D eigenvalue weighted by Gasteiger charge is 2.44. The maximum absolute atomic E-state index is 14.4. The van der Waals surface area contributed by atoms with Crippen molar-refractivity contribution in [2.75, 3.05) is 26.9 Å². The highest BCUT2D eigenvalue weighted by atomic mass is 16.5. The van der Waals surface area contributed by atoms with Gasteiger partial charge in [-0.05, 0) is 114 Å². The third-order valence-corrected chi connectivity index (χ3v) is 11.0. The lowest BCUT2D eigenvalue weighted by molar-refractivity contribution is -0.146. The van der Waals surface area contributed by atoms with Crippen LogP contribution >= 0.6 is 0 Å². The second-order valence-corrected chi connectivity index (χ2v) is 14.3. The van der Waals surface area contributed by atoms with E-state index >= 15 is 0 Å². The monoisotopic (exact) mass is 662 g/mol. The van der Waals surface area contributed by atoms with Gasteiger partial charge >= 0.3 is 5.97 Å². The minimum Gasteiger partial charge on any atom is -0.497 e. The molecule has 2 saturated carbocycles. The second kappa shape index (κ2) is 19.2. The van der Waals surface area contributed by atoms with Crippen LogP contribution in [0.2, 0.25) is 0 Å². The lowest BCUT2D eigenvalue weighted by Crippen LogP contribution is -2.38. The summed E-state index contributed by atoms with van der Waals surface area (Å²) in [5.41, 5.74) is 3.81. The van der Waals surface area contributed by atoms with Crippen molar-refractivity contribution in [3.63, 3.8) is 0 Å². The van der Waals surface area contributed by atoms with Crippen LogP contribution in [0.1, 0.15) is 109 Å². The molecule has 3 fully saturated rings. The Kier molecular flexibility index (Phi) is 15.1. The summed E-state index contributed by atoms with van der Waals surface area (Å²) in [5.74, 6) is 0.694. The molecule has 1 aromatic carbocycles. The smallest absolute Gasteiger partial charge is 0.306 e. The van der Waals surface area contributed by atoms with E-state index in [1.54, 1.807) is 21.0 Å². The molecule has 1 aromatic rings. The van der Waals surface area contributed by atoms with Crippen LogP contribution in [0, 0.1) is 35.5 Å². The van der Waals surface area contributed by atoms with E-state index < -0.39 is 5.92 Å². The Balaban J connectivity index is 1.56. The number of hydrogen-bond acceptors (Lipinski definition) is 7. The normalized spacial score (nSPS) is 22.6. The molecule has 2 aliphatic carbocycles. The molecule has 4 rings (SSSR count). The molecule has 1 saturated heterocycles. The van der Waals surface area contributed by atoms with Gasteiger partial charge in [0.25, 0.3) is 0 Å². The van der Waals surface area contributed by atoms with Gasteiger partial charge in [0.05, 0.1) is 20.1 Å². The van der Waals surface area contributed by atoms with Gasteiger partial charge in [0.1, 0.15) is 23.1 Å². The van der Waals surface area contributed by atoms with E-state index in [9.17, 15) is 19.2 Å². The zero-order chi connectivity index (χ0) is 34.5. The molecule has 1 heterocycles. The lowest BCUT2D eigenvalue weighted by atomic mass is 9.64. The summed E-state index contributed by atoms with van der Waals surface area (Å²) in [5, 5.41) is 0. The largest absolute Gasteiger partial charge is 0.497 e. The number of aryl methyl sites for hydroxylation is 1. The number of methoxy groups -OCH3 is 1. The minimum atomic E-state index is -0.482. The van der Waals surface area contributed by atoms with E-state index in [-0.39, 0.29) is 66.4 Å². The molecule has 3 aliphatic rings. The first-order valence-corrected chi connectivity index (χ1v) is 18.5. The summed E-state index contributed by atoms with van der Waals surface area (Å²) in [6, 6.07) is 7.83. The average Bonchev–Trinajstić information content (AvgIpc) is 3.92. The van der Waals surface area contributed by atoms with Gasteiger partial charge in [-0.1, -0.05) is 42.2 Å². The van der Waals surface area contributed by atoms with Crippen LogP contribution in [0.5, 0.6) is 5.75 Å². The molecule has 48 heavy (non-hydrogen) atoms. The molecule has 0 amide bonds. The number of Topliss-reactive ketones (excluding diaryl/α,β-unsaturated/α-hetero) is 3. The van der Waals surface area contributed by atoms with E-state index in [4.69, 9.17) is 14.2 Å². The third kappa shape index (κ3) is 11.2. The van der Waals surface area contributed by atoms with Gasteiger partial charge in [-0.2, -0.15) is 0 Å². The predicted molar refractivity (Wildman–Crippen MR) is 188 cm³/mol. The van der Waals surface area contributed by atoms with Gasteiger partial charge in [-0.25, -0.2) is 0 Å². The molecule has 5 atom stereocenters. The number of carbonyl (C=O) groups excluding carboxylic acids is 4. The number of hydrogen-bond donors (Lipinski definition) is 0. The fraction of sp³-hybridized carbons (Fsp3) is 0.659. The summed E-state index contributed by atoms with van der Waals surface area (Å²) in [6.45, 7) is 9.18. The first-order valence-electron chi connectivity index (χ1n) is 18.5. The Labute approximate surface area is 288 Å². The molecular weight excluding hydrogens is 604 g/mol. The topological polar surface area (TPSA) is 96.0 Å². The van der Waals surface area contributed by atoms with Crippen molar-refractivity contribution < 1.29 is 33.4 Å². The summed E-state index contributed by atoms with van der Waals surface area (Å²) in [7, 11) is 1.63. The quantitative estimate of drug-likeness (QED) is 0.103. The van der Waals surface area contributed by atoms with Crippen molar-refractivity contribution in [2.45, 2.75) is 110 Å². The summed E-state index contributed by atoms with van der Waals surface area (Å²) >= 11 is 0. The van der Waals surface area contributed by atoms with Crippen molar-refractivity contribution in [1.29, 1.82) is 0 Å². The highest BCUT2D eigenvalue weighted by molar-refractivity contribution is 5.89. The van der Waals surface area contributed by atoms with Crippen LogP contribution in [-0.2, 0) is 35.1 Å².